The lowest BCUT2D eigenvalue weighted by Crippen LogP contribution is -2.38. The number of amides is 1. The summed E-state index contributed by atoms with van der Waals surface area (Å²) in [6.07, 6.45) is 2.62. The van der Waals surface area contributed by atoms with Gasteiger partial charge in [-0.2, -0.15) is 0 Å². The van der Waals surface area contributed by atoms with Gasteiger partial charge in [0.1, 0.15) is 10.9 Å². The number of hydrogen-bond donors (Lipinski definition) is 0. The third-order valence-corrected chi connectivity index (χ3v) is 6.58. The van der Waals surface area contributed by atoms with Crippen LogP contribution in [-0.4, -0.2) is 49.1 Å². The predicted octanol–water partition coefficient (Wildman–Crippen LogP) is 3.83. The largest absolute Gasteiger partial charge is 0.375 e. The van der Waals surface area contributed by atoms with Gasteiger partial charge < -0.3 is 14.5 Å². The van der Waals surface area contributed by atoms with E-state index in [1.165, 1.54) is 16.9 Å². The lowest BCUT2D eigenvalue weighted by Gasteiger charge is -2.25. The normalized spacial score (nSPS) is 22.0. The number of hydrogen-bond acceptors (Lipinski definition) is 5. The molecule has 5 nitrogen and oxygen atoms in total. The Kier molecular flexibility index (Phi) is 4.52. The van der Waals surface area contributed by atoms with E-state index >= 15 is 0 Å². The number of ether oxygens (including phenoxy) is 1. The van der Waals surface area contributed by atoms with Crippen LogP contribution in [0.5, 0.6) is 0 Å². The second kappa shape index (κ2) is 6.54. The van der Waals surface area contributed by atoms with Gasteiger partial charge >= 0.3 is 0 Å². The van der Waals surface area contributed by atoms with Crippen LogP contribution in [0.4, 0.5) is 10.8 Å². The van der Waals surface area contributed by atoms with E-state index in [1.54, 1.807) is 13.3 Å². The molecule has 2 aliphatic heterocycles. The van der Waals surface area contributed by atoms with Crippen molar-refractivity contribution in [2.24, 2.45) is 0 Å². The van der Waals surface area contributed by atoms with E-state index in [-0.39, 0.29) is 17.9 Å². The fraction of sp³-hybridized carbons (Fsp3) is 0.412. The van der Waals surface area contributed by atoms with E-state index in [2.05, 4.69) is 37.9 Å². The average molecular weight is 443 g/mol. The lowest BCUT2D eigenvalue weighted by atomic mass is 9.81. The van der Waals surface area contributed by atoms with Crippen LogP contribution in [0.2, 0.25) is 4.34 Å². The van der Waals surface area contributed by atoms with Crippen molar-refractivity contribution >= 4 is 55.6 Å². The minimum atomic E-state index is -0.0827. The van der Waals surface area contributed by atoms with Crippen molar-refractivity contribution in [2.75, 3.05) is 38.3 Å². The topological polar surface area (TPSA) is 45.7 Å². The fourth-order valence-electron chi connectivity index (χ4n) is 3.83. The van der Waals surface area contributed by atoms with Crippen molar-refractivity contribution in [3.63, 3.8) is 0 Å². The van der Waals surface area contributed by atoms with Crippen molar-refractivity contribution in [2.45, 2.75) is 11.8 Å². The lowest BCUT2D eigenvalue weighted by molar-refractivity contribution is -0.134. The van der Waals surface area contributed by atoms with Crippen LogP contribution in [0, 0.1) is 0 Å². The van der Waals surface area contributed by atoms with E-state index in [4.69, 9.17) is 16.3 Å². The molecular formula is C17H17BrClN3O2S. The Morgan fingerprint density at radius 1 is 1.48 bits per heavy atom. The summed E-state index contributed by atoms with van der Waals surface area (Å²) in [6, 6.07) is 6.33. The second-order valence-electron chi connectivity index (χ2n) is 6.47. The van der Waals surface area contributed by atoms with E-state index in [0.29, 0.717) is 10.9 Å². The number of halogens is 2. The summed E-state index contributed by atoms with van der Waals surface area (Å²) < 4.78 is 6.74. The Balaban J connectivity index is 1.71. The summed E-state index contributed by atoms with van der Waals surface area (Å²) in [4.78, 5) is 20.9. The van der Waals surface area contributed by atoms with Gasteiger partial charge in [0.25, 0.3) is 0 Å². The minimum Gasteiger partial charge on any atom is -0.375 e. The van der Waals surface area contributed by atoms with Gasteiger partial charge in [0.05, 0.1) is 6.20 Å². The van der Waals surface area contributed by atoms with Crippen molar-refractivity contribution in [1.82, 2.24) is 9.88 Å². The molecule has 1 aromatic carbocycles. The van der Waals surface area contributed by atoms with Gasteiger partial charge in [-0.25, -0.2) is 4.98 Å². The first-order chi connectivity index (χ1) is 12.0. The first kappa shape index (κ1) is 17.3. The van der Waals surface area contributed by atoms with Crippen molar-refractivity contribution in [1.29, 1.82) is 0 Å². The van der Waals surface area contributed by atoms with Crippen molar-refractivity contribution in [3.05, 3.63) is 38.8 Å². The van der Waals surface area contributed by atoms with Gasteiger partial charge in [-0.15, -0.1) is 0 Å². The molecule has 0 bridgehead atoms. The molecule has 1 amide bonds. The van der Waals surface area contributed by atoms with Crippen molar-refractivity contribution < 1.29 is 9.53 Å². The number of methoxy groups -OCH3 is 1. The molecule has 1 unspecified atom stereocenters. The van der Waals surface area contributed by atoms with Gasteiger partial charge in [0, 0.05) is 42.3 Å². The molecule has 3 heterocycles. The average Bonchev–Trinajstić information content (AvgIpc) is 3.27. The van der Waals surface area contributed by atoms with Crippen LogP contribution < -0.4 is 4.90 Å². The Labute approximate surface area is 163 Å². The summed E-state index contributed by atoms with van der Waals surface area (Å²) in [5.74, 6) is 0.0478. The van der Waals surface area contributed by atoms with Crippen LogP contribution >= 0.6 is 38.9 Å². The molecule has 0 N–H and O–H groups in total. The zero-order chi connectivity index (χ0) is 17.6. The Morgan fingerprint density at radius 2 is 2.32 bits per heavy atom. The van der Waals surface area contributed by atoms with Gasteiger partial charge in [0.2, 0.25) is 5.91 Å². The standard InChI is InChI=1S/C17H17BrClN3O2S/c1-24-8-15(23)21-5-4-17(9-21)10-22(16-20-7-14(19)25-16)13-3-2-11(18)6-12(13)17/h2-3,6-7H,4-5,8-10H2,1H3. The Bertz CT molecular complexity index is 830. The Morgan fingerprint density at radius 3 is 3.04 bits per heavy atom. The van der Waals surface area contributed by atoms with E-state index in [1.807, 2.05) is 11.0 Å². The molecule has 0 radical (unpaired) electrons. The number of nitrogens with zero attached hydrogens (tertiary/aromatic N) is 3. The summed E-state index contributed by atoms with van der Waals surface area (Å²) in [5.41, 5.74) is 2.33. The maximum absolute atomic E-state index is 12.3. The molecule has 1 atom stereocenters. The van der Waals surface area contributed by atoms with Crippen LogP contribution in [-0.2, 0) is 14.9 Å². The number of carbonyl (C=O) groups excluding carboxylic acids is 1. The molecule has 1 aromatic heterocycles. The second-order valence-corrected chi connectivity index (χ2v) is 9.03. The van der Waals surface area contributed by atoms with E-state index < -0.39 is 0 Å². The maximum Gasteiger partial charge on any atom is 0.248 e. The SMILES string of the molecule is COCC(=O)N1CCC2(C1)CN(c1ncc(Cl)s1)c1ccc(Br)cc12. The molecule has 1 spiro atoms. The first-order valence-electron chi connectivity index (χ1n) is 7.98. The molecule has 132 valence electrons. The summed E-state index contributed by atoms with van der Waals surface area (Å²) in [7, 11) is 1.56. The number of thiazole rings is 1. The highest BCUT2D eigenvalue weighted by Crippen LogP contribution is 2.50. The molecule has 2 aromatic rings. The molecule has 25 heavy (non-hydrogen) atoms. The van der Waals surface area contributed by atoms with Crippen LogP contribution in [0.25, 0.3) is 0 Å². The van der Waals surface area contributed by atoms with Crippen LogP contribution in [0.15, 0.2) is 28.9 Å². The van der Waals surface area contributed by atoms with Crippen LogP contribution in [0.1, 0.15) is 12.0 Å². The fourth-order valence-corrected chi connectivity index (χ4v) is 5.11. The number of fused-ring (bicyclic) bond motifs is 2. The summed E-state index contributed by atoms with van der Waals surface area (Å²) in [5, 5.41) is 0.895. The van der Waals surface area contributed by atoms with E-state index in [0.717, 1.165) is 34.8 Å². The highest BCUT2D eigenvalue weighted by molar-refractivity contribution is 9.10. The number of carbonyl (C=O) groups is 1. The zero-order valence-electron chi connectivity index (χ0n) is 13.7. The summed E-state index contributed by atoms with van der Waals surface area (Å²) >= 11 is 11.2. The number of rotatable bonds is 3. The predicted molar refractivity (Wildman–Crippen MR) is 103 cm³/mol. The quantitative estimate of drug-likeness (QED) is 0.725. The maximum atomic E-state index is 12.3. The first-order valence-corrected chi connectivity index (χ1v) is 9.97. The molecule has 1 saturated heterocycles. The number of aromatic nitrogens is 1. The number of benzene rings is 1. The highest BCUT2D eigenvalue weighted by atomic mass is 79.9. The van der Waals surface area contributed by atoms with E-state index in [9.17, 15) is 4.79 Å². The third kappa shape index (κ3) is 2.97. The number of anilines is 2. The third-order valence-electron chi connectivity index (χ3n) is 4.95. The van der Waals surface area contributed by atoms with Gasteiger partial charge in [-0.05, 0) is 30.2 Å². The van der Waals surface area contributed by atoms with Gasteiger partial charge in [-0.3, -0.25) is 4.79 Å². The highest BCUT2D eigenvalue weighted by Gasteiger charge is 2.49. The molecule has 1 fully saturated rings. The summed E-state index contributed by atoms with van der Waals surface area (Å²) in [6.45, 7) is 2.39. The molecule has 0 aliphatic carbocycles. The van der Waals surface area contributed by atoms with Gasteiger partial charge in [-0.1, -0.05) is 38.9 Å². The monoisotopic (exact) mass is 441 g/mol. The molecule has 8 heteroatoms. The molecule has 0 saturated carbocycles. The van der Waals surface area contributed by atoms with Crippen molar-refractivity contribution in [3.8, 4) is 0 Å². The van der Waals surface area contributed by atoms with Gasteiger partial charge in [0.15, 0.2) is 5.13 Å². The van der Waals surface area contributed by atoms with Crippen LogP contribution in [0.3, 0.4) is 0 Å². The Hall–Kier alpha value is -1.15. The minimum absolute atomic E-state index is 0.0478. The molecule has 4 rings (SSSR count). The smallest absolute Gasteiger partial charge is 0.248 e. The number of likely N-dealkylation sites (tertiary alicyclic amines) is 1. The molecule has 2 aliphatic rings. The molecular weight excluding hydrogens is 426 g/mol. The zero-order valence-corrected chi connectivity index (χ0v) is 16.8.